The first-order chi connectivity index (χ1) is 9.51. The molecular formula is C14H23N3O2S. The summed E-state index contributed by atoms with van der Waals surface area (Å²) in [5, 5.41) is 3.28. The zero-order valence-corrected chi connectivity index (χ0v) is 12.9. The maximum absolute atomic E-state index is 12.4. The predicted molar refractivity (Wildman–Crippen MR) is 78.0 cm³/mol. The molecule has 0 spiro atoms. The Balaban J connectivity index is 1.81. The first-order valence-electron chi connectivity index (χ1n) is 7.45. The number of hydrogen-bond acceptors (Lipinski definition) is 3. The van der Waals surface area contributed by atoms with Crippen molar-refractivity contribution in [3.05, 3.63) is 18.0 Å². The highest BCUT2D eigenvalue weighted by atomic mass is 32.2. The molecule has 1 aromatic rings. The smallest absolute Gasteiger partial charge is 0.242 e. The van der Waals surface area contributed by atoms with E-state index in [9.17, 15) is 8.42 Å². The highest BCUT2D eigenvalue weighted by Gasteiger charge is 2.37. The van der Waals surface area contributed by atoms with Crippen LogP contribution in [0.5, 0.6) is 0 Å². The van der Waals surface area contributed by atoms with Crippen molar-refractivity contribution in [3.63, 3.8) is 0 Å². The number of aromatic nitrogens is 1. The van der Waals surface area contributed by atoms with Crippen LogP contribution >= 0.6 is 0 Å². The van der Waals surface area contributed by atoms with Crippen molar-refractivity contribution >= 4 is 10.0 Å². The lowest BCUT2D eigenvalue weighted by atomic mass is 10.4. The van der Waals surface area contributed by atoms with Crippen LogP contribution in [-0.4, -0.2) is 25.6 Å². The molecule has 0 saturated heterocycles. The van der Waals surface area contributed by atoms with E-state index in [1.54, 1.807) is 6.20 Å². The molecule has 0 radical (unpaired) electrons. The Bertz CT molecular complexity index is 590. The fraction of sp³-hybridized carbons (Fsp3) is 0.714. The molecule has 6 heteroatoms. The molecule has 2 saturated carbocycles. The normalized spacial score (nSPS) is 25.9. The molecule has 0 bridgehead atoms. The second-order valence-corrected chi connectivity index (χ2v) is 7.74. The van der Waals surface area contributed by atoms with Gasteiger partial charge in [-0.3, -0.25) is 0 Å². The van der Waals surface area contributed by atoms with Gasteiger partial charge in [-0.2, -0.15) is 0 Å². The van der Waals surface area contributed by atoms with Gasteiger partial charge in [-0.15, -0.1) is 0 Å². The van der Waals surface area contributed by atoms with Gasteiger partial charge in [-0.05, 0) is 37.8 Å². The molecule has 2 aliphatic carbocycles. The average molecular weight is 297 g/mol. The van der Waals surface area contributed by atoms with Gasteiger partial charge in [-0.25, -0.2) is 13.1 Å². The minimum Gasteiger partial charge on any atom is -0.346 e. The summed E-state index contributed by atoms with van der Waals surface area (Å²) in [7, 11) is -3.36. The van der Waals surface area contributed by atoms with Crippen molar-refractivity contribution in [1.29, 1.82) is 0 Å². The highest BCUT2D eigenvalue weighted by molar-refractivity contribution is 7.89. The number of rotatable bonds is 7. The van der Waals surface area contributed by atoms with Crippen molar-refractivity contribution < 1.29 is 8.42 Å². The Labute approximate surface area is 120 Å². The monoisotopic (exact) mass is 297 g/mol. The summed E-state index contributed by atoms with van der Waals surface area (Å²) in [5.41, 5.74) is 1.07. The summed E-state index contributed by atoms with van der Waals surface area (Å²) in [4.78, 5) is 0.413. The Morgan fingerprint density at radius 2 is 2.10 bits per heavy atom. The summed E-state index contributed by atoms with van der Waals surface area (Å²) in [6.07, 6.45) is 5.06. The van der Waals surface area contributed by atoms with Gasteiger partial charge >= 0.3 is 0 Å². The molecule has 0 aliphatic heterocycles. The van der Waals surface area contributed by atoms with Crippen molar-refractivity contribution in [2.75, 3.05) is 6.54 Å². The zero-order chi connectivity index (χ0) is 14.3. The van der Waals surface area contributed by atoms with E-state index in [4.69, 9.17) is 0 Å². The third kappa shape index (κ3) is 2.92. The second kappa shape index (κ2) is 5.16. The fourth-order valence-corrected chi connectivity index (χ4v) is 3.89. The Morgan fingerprint density at radius 1 is 1.40 bits per heavy atom. The number of nitrogens with one attached hydrogen (secondary N) is 2. The summed E-state index contributed by atoms with van der Waals surface area (Å²) >= 11 is 0. The summed E-state index contributed by atoms with van der Waals surface area (Å²) in [6, 6.07) is 2.44. The number of nitrogens with zero attached hydrogens (tertiary/aromatic N) is 1. The lowest BCUT2D eigenvalue weighted by Crippen LogP contribution is -2.26. The second-order valence-electron chi connectivity index (χ2n) is 6.03. The fourth-order valence-electron chi connectivity index (χ4n) is 2.48. The maximum Gasteiger partial charge on any atom is 0.242 e. The molecule has 2 fully saturated rings. The summed E-state index contributed by atoms with van der Waals surface area (Å²) in [6.45, 7) is 5.73. The van der Waals surface area contributed by atoms with Gasteiger partial charge in [-0.1, -0.05) is 13.8 Å². The first-order valence-corrected chi connectivity index (χ1v) is 8.93. The molecule has 1 aromatic heterocycles. The molecule has 112 valence electrons. The van der Waals surface area contributed by atoms with Crippen LogP contribution in [0.25, 0.3) is 0 Å². The molecule has 20 heavy (non-hydrogen) atoms. The van der Waals surface area contributed by atoms with Crippen molar-refractivity contribution in [1.82, 2.24) is 14.6 Å². The predicted octanol–water partition coefficient (Wildman–Crippen LogP) is 1.62. The van der Waals surface area contributed by atoms with Crippen LogP contribution in [0.1, 0.15) is 44.8 Å². The van der Waals surface area contributed by atoms with Gasteiger partial charge < -0.3 is 9.88 Å². The van der Waals surface area contributed by atoms with Gasteiger partial charge in [0.25, 0.3) is 0 Å². The van der Waals surface area contributed by atoms with Crippen molar-refractivity contribution in [2.45, 2.75) is 56.6 Å². The summed E-state index contributed by atoms with van der Waals surface area (Å²) < 4.78 is 29.7. The van der Waals surface area contributed by atoms with Crippen LogP contribution in [0.15, 0.2) is 17.2 Å². The summed E-state index contributed by atoms with van der Waals surface area (Å²) in [5.74, 6) is 0.469. The third-order valence-electron chi connectivity index (χ3n) is 4.13. The SMILES string of the molecule is CCNCc1cc(S(=O)(=O)NC2CC2C)cn1C1CC1. The molecule has 1 heterocycles. The molecule has 0 amide bonds. The van der Waals surface area contributed by atoms with Crippen LogP contribution in [-0.2, 0) is 16.6 Å². The number of sulfonamides is 1. The van der Waals surface area contributed by atoms with Gasteiger partial charge in [0.15, 0.2) is 0 Å². The van der Waals surface area contributed by atoms with E-state index in [1.807, 2.05) is 6.07 Å². The van der Waals surface area contributed by atoms with E-state index in [0.29, 0.717) is 16.9 Å². The average Bonchev–Trinajstić information content (AvgIpc) is 3.29. The molecule has 3 rings (SSSR count). The molecule has 2 atom stereocenters. The minimum absolute atomic E-state index is 0.126. The van der Waals surface area contributed by atoms with Gasteiger partial charge in [0, 0.05) is 30.5 Å². The van der Waals surface area contributed by atoms with E-state index in [2.05, 4.69) is 28.5 Å². The van der Waals surface area contributed by atoms with Crippen LogP contribution in [0.3, 0.4) is 0 Å². The molecule has 2 unspecified atom stereocenters. The minimum atomic E-state index is -3.36. The van der Waals surface area contributed by atoms with Crippen LogP contribution in [0.2, 0.25) is 0 Å². The van der Waals surface area contributed by atoms with E-state index in [0.717, 1.165) is 38.0 Å². The van der Waals surface area contributed by atoms with E-state index >= 15 is 0 Å². The molecule has 5 nitrogen and oxygen atoms in total. The number of hydrogen-bond donors (Lipinski definition) is 2. The molecule has 0 aromatic carbocycles. The largest absolute Gasteiger partial charge is 0.346 e. The van der Waals surface area contributed by atoms with Crippen LogP contribution < -0.4 is 10.0 Å². The molecular weight excluding hydrogens is 274 g/mol. The Hall–Kier alpha value is -0.850. The van der Waals surface area contributed by atoms with Gasteiger partial charge in [0.05, 0.1) is 4.90 Å². The Kier molecular flexibility index (Phi) is 3.64. The third-order valence-corrected chi connectivity index (χ3v) is 5.59. The quantitative estimate of drug-likeness (QED) is 0.804. The zero-order valence-electron chi connectivity index (χ0n) is 12.1. The van der Waals surface area contributed by atoms with Crippen molar-refractivity contribution in [2.24, 2.45) is 5.92 Å². The van der Waals surface area contributed by atoms with Crippen LogP contribution in [0.4, 0.5) is 0 Å². The lowest BCUT2D eigenvalue weighted by Gasteiger charge is -2.07. The van der Waals surface area contributed by atoms with E-state index in [1.165, 1.54) is 0 Å². The molecule has 2 N–H and O–H groups in total. The first kappa shape index (κ1) is 14.1. The maximum atomic E-state index is 12.4. The van der Waals surface area contributed by atoms with E-state index < -0.39 is 10.0 Å². The highest BCUT2D eigenvalue weighted by Crippen LogP contribution is 2.37. The van der Waals surface area contributed by atoms with Gasteiger partial charge in [0.2, 0.25) is 10.0 Å². The lowest BCUT2D eigenvalue weighted by molar-refractivity contribution is 0.577. The standard InChI is InChI=1S/C14H23N3O2S/c1-3-15-8-12-7-13(9-17(12)11-4-5-11)20(18,19)16-14-6-10(14)2/h7,9-11,14-16H,3-6,8H2,1-2H3. The van der Waals surface area contributed by atoms with Gasteiger partial charge in [0.1, 0.15) is 0 Å². The van der Waals surface area contributed by atoms with Crippen molar-refractivity contribution in [3.8, 4) is 0 Å². The Morgan fingerprint density at radius 3 is 2.65 bits per heavy atom. The van der Waals surface area contributed by atoms with Crippen LogP contribution in [0, 0.1) is 5.92 Å². The van der Waals surface area contributed by atoms with E-state index in [-0.39, 0.29) is 6.04 Å². The molecule has 2 aliphatic rings. The topological polar surface area (TPSA) is 63.1 Å².